The van der Waals surface area contributed by atoms with E-state index in [0.717, 1.165) is 67.0 Å². The number of aromatic nitrogens is 4. The van der Waals surface area contributed by atoms with Gasteiger partial charge in [-0.3, -0.25) is 4.90 Å². The van der Waals surface area contributed by atoms with Gasteiger partial charge in [0.15, 0.2) is 11.5 Å². The predicted octanol–water partition coefficient (Wildman–Crippen LogP) is 6.89. The van der Waals surface area contributed by atoms with Crippen molar-refractivity contribution in [3.8, 4) is 11.5 Å². The maximum atomic E-state index is 14.8. The van der Waals surface area contributed by atoms with Gasteiger partial charge in [-0.2, -0.15) is 0 Å². The number of nitrogens with zero attached hydrogens (tertiary/aromatic N) is 5. The molecule has 1 saturated heterocycles. The van der Waals surface area contributed by atoms with Gasteiger partial charge < -0.3 is 23.7 Å². The van der Waals surface area contributed by atoms with Crippen LogP contribution in [0.25, 0.3) is 11.0 Å². The molecule has 0 aliphatic carbocycles. The number of carboxylic acid groups (broad SMARTS) is 1. The van der Waals surface area contributed by atoms with Gasteiger partial charge >= 0.3 is 5.97 Å². The Morgan fingerprint density at radius 2 is 1.93 bits per heavy atom. The number of hydrogen-bond acceptors (Lipinski definition) is 6. The molecule has 11 heteroatoms. The van der Waals surface area contributed by atoms with Gasteiger partial charge in [-0.1, -0.05) is 23.7 Å². The highest BCUT2D eigenvalue weighted by Gasteiger charge is 2.42. The third-order valence-electron chi connectivity index (χ3n) is 9.20. The number of imidazole rings is 2. The Balaban J connectivity index is 1.05. The molecule has 0 radical (unpaired) electrons. The van der Waals surface area contributed by atoms with Gasteiger partial charge in [0.25, 0.3) is 5.79 Å². The molecule has 1 fully saturated rings. The van der Waals surface area contributed by atoms with Crippen molar-refractivity contribution in [1.82, 2.24) is 24.0 Å². The molecule has 7 rings (SSSR count). The molecule has 0 spiro atoms. The molecule has 9 nitrogen and oxygen atoms in total. The first-order chi connectivity index (χ1) is 22.2. The standard InChI is InChI=1S/C35H35ClFN5O4/c1-3-41-21-38-18-26(41)19-42-30-16-24(34(43)44)7-10-29(30)39-32(42)20-40-13-11-22(12-14-40)15-23-5-4-6-31-33(23)46-35(2,45-31)27-9-8-25(36)17-28(27)37/h4-10,16-18,21-22H,3,11-15,19-20H2,1-2H3,(H,43,44)/t35-/m0/s1. The van der Waals surface area contributed by atoms with E-state index < -0.39 is 17.6 Å². The summed E-state index contributed by atoms with van der Waals surface area (Å²) in [6.07, 6.45) is 6.50. The minimum Gasteiger partial charge on any atom is -0.478 e. The van der Waals surface area contributed by atoms with Crippen LogP contribution in [0.1, 0.15) is 59.7 Å². The molecule has 1 atom stereocenters. The van der Waals surface area contributed by atoms with Crippen LogP contribution in [0, 0.1) is 11.7 Å². The molecule has 2 aliphatic rings. The van der Waals surface area contributed by atoms with Crippen molar-refractivity contribution in [1.29, 1.82) is 0 Å². The van der Waals surface area contributed by atoms with E-state index in [2.05, 4.69) is 32.0 Å². The van der Waals surface area contributed by atoms with E-state index in [4.69, 9.17) is 26.1 Å². The minimum atomic E-state index is -1.28. The van der Waals surface area contributed by atoms with Crippen LogP contribution in [0.3, 0.4) is 0 Å². The van der Waals surface area contributed by atoms with Crippen molar-refractivity contribution in [2.75, 3.05) is 13.1 Å². The number of halogens is 2. The molecule has 0 amide bonds. The van der Waals surface area contributed by atoms with Crippen molar-refractivity contribution < 1.29 is 23.8 Å². The number of fused-ring (bicyclic) bond motifs is 2. The zero-order valence-electron chi connectivity index (χ0n) is 25.7. The summed E-state index contributed by atoms with van der Waals surface area (Å²) < 4.78 is 31.5. The number of benzene rings is 3. The molecule has 0 saturated carbocycles. The minimum absolute atomic E-state index is 0.241. The van der Waals surface area contributed by atoms with Crippen LogP contribution in [0.5, 0.6) is 11.5 Å². The smallest absolute Gasteiger partial charge is 0.335 e. The van der Waals surface area contributed by atoms with Gasteiger partial charge in [-0.25, -0.2) is 19.2 Å². The first kappa shape index (κ1) is 30.3. The number of likely N-dealkylation sites (tertiary alicyclic amines) is 1. The van der Waals surface area contributed by atoms with Crippen molar-refractivity contribution in [2.45, 2.75) is 58.5 Å². The SMILES string of the molecule is CCn1cncc1Cn1c(CN2CCC(Cc3cccc4c3O[C@@](C)(c3ccc(Cl)cc3F)O4)CC2)nc2ccc(C(=O)O)cc21. The number of aromatic carboxylic acids is 1. The first-order valence-electron chi connectivity index (χ1n) is 15.6. The van der Waals surface area contributed by atoms with Gasteiger partial charge in [0.2, 0.25) is 0 Å². The van der Waals surface area contributed by atoms with Gasteiger partial charge in [0.05, 0.1) is 47.3 Å². The summed E-state index contributed by atoms with van der Waals surface area (Å²) in [4.78, 5) is 23.5. The average molecular weight is 644 g/mol. The van der Waals surface area contributed by atoms with E-state index in [1.54, 1.807) is 37.3 Å². The third kappa shape index (κ3) is 5.71. The summed E-state index contributed by atoms with van der Waals surface area (Å²) in [5.41, 5.74) is 4.22. The number of hydrogen-bond donors (Lipinski definition) is 1. The monoisotopic (exact) mass is 643 g/mol. The van der Waals surface area contributed by atoms with E-state index in [9.17, 15) is 14.3 Å². The summed E-state index contributed by atoms with van der Waals surface area (Å²) >= 11 is 5.98. The zero-order chi connectivity index (χ0) is 32.0. The predicted molar refractivity (Wildman–Crippen MR) is 172 cm³/mol. The molecule has 3 aromatic carbocycles. The highest BCUT2D eigenvalue weighted by Crippen LogP contribution is 2.47. The Labute approximate surface area is 271 Å². The van der Waals surface area contributed by atoms with Gasteiger partial charge in [0, 0.05) is 24.7 Å². The van der Waals surface area contributed by atoms with Gasteiger partial charge in [-0.05, 0) is 93.2 Å². The van der Waals surface area contributed by atoms with Gasteiger partial charge in [-0.15, -0.1) is 0 Å². The fourth-order valence-electron chi connectivity index (χ4n) is 6.70. The van der Waals surface area contributed by atoms with Crippen LogP contribution in [-0.4, -0.2) is 48.2 Å². The summed E-state index contributed by atoms with van der Waals surface area (Å²) in [5.74, 6) is -0.0737. The lowest BCUT2D eigenvalue weighted by atomic mass is 9.89. The Hall–Kier alpha value is -4.41. The van der Waals surface area contributed by atoms with Crippen molar-refractivity contribution >= 4 is 28.6 Å². The molecule has 4 heterocycles. The first-order valence-corrected chi connectivity index (χ1v) is 16.0. The number of carbonyl (C=O) groups is 1. The van der Waals surface area contributed by atoms with Crippen LogP contribution >= 0.6 is 11.6 Å². The fourth-order valence-corrected chi connectivity index (χ4v) is 6.86. The number of piperidine rings is 1. The second-order valence-corrected chi connectivity index (χ2v) is 12.7. The number of ether oxygens (including phenoxy) is 2. The van der Waals surface area contributed by atoms with Crippen LogP contribution < -0.4 is 9.47 Å². The lowest BCUT2D eigenvalue weighted by Gasteiger charge is -2.32. The summed E-state index contributed by atoms with van der Waals surface area (Å²) in [6.45, 7) is 7.62. The quantitative estimate of drug-likeness (QED) is 0.187. The molecular formula is C35H35ClFN5O4. The Morgan fingerprint density at radius 1 is 1.11 bits per heavy atom. The molecule has 0 unspecified atom stereocenters. The maximum Gasteiger partial charge on any atom is 0.335 e. The number of carboxylic acids is 1. The van der Waals surface area contributed by atoms with Crippen LogP contribution in [-0.2, 0) is 31.8 Å². The van der Waals surface area contributed by atoms with Crippen molar-refractivity contribution in [3.63, 3.8) is 0 Å². The van der Waals surface area contributed by atoms with Crippen LogP contribution in [0.2, 0.25) is 5.02 Å². The van der Waals surface area contributed by atoms with Crippen molar-refractivity contribution in [2.24, 2.45) is 5.92 Å². The summed E-state index contributed by atoms with van der Waals surface area (Å²) in [6, 6.07) is 15.5. The third-order valence-corrected chi connectivity index (χ3v) is 9.43. The van der Waals surface area contributed by atoms with Crippen LogP contribution in [0.4, 0.5) is 4.39 Å². The Kier molecular flexibility index (Phi) is 7.94. The molecule has 1 N–H and O–H groups in total. The van der Waals surface area contributed by atoms with E-state index in [1.165, 1.54) is 6.07 Å². The Bertz CT molecular complexity index is 1930. The largest absolute Gasteiger partial charge is 0.478 e. The van der Waals surface area contributed by atoms with E-state index in [0.29, 0.717) is 41.1 Å². The fraction of sp³-hybridized carbons (Fsp3) is 0.343. The number of aryl methyl sites for hydroxylation is 1. The molecule has 0 bridgehead atoms. The van der Waals surface area contributed by atoms with E-state index >= 15 is 0 Å². The summed E-state index contributed by atoms with van der Waals surface area (Å²) in [5, 5.41) is 9.96. The van der Waals surface area contributed by atoms with Crippen LogP contribution in [0.15, 0.2) is 67.1 Å². The second kappa shape index (κ2) is 12.1. The Morgan fingerprint density at radius 3 is 2.70 bits per heavy atom. The number of para-hydroxylation sites is 1. The lowest BCUT2D eigenvalue weighted by Crippen LogP contribution is -2.35. The second-order valence-electron chi connectivity index (χ2n) is 12.2. The summed E-state index contributed by atoms with van der Waals surface area (Å²) in [7, 11) is 0. The molecule has 46 heavy (non-hydrogen) atoms. The van der Waals surface area contributed by atoms with E-state index in [1.807, 2.05) is 24.7 Å². The highest BCUT2D eigenvalue weighted by molar-refractivity contribution is 6.30. The molecule has 2 aromatic heterocycles. The molecule has 5 aromatic rings. The molecule has 2 aliphatic heterocycles. The normalized spacial score (nSPS) is 18.4. The highest BCUT2D eigenvalue weighted by atomic mass is 35.5. The maximum absolute atomic E-state index is 14.8. The molecular weight excluding hydrogens is 609 g/mol. The number of rotatable bonds is 9. The molecule has 238 valence electrons. The van der Waals surface area contributed by atoms with E-state index in [-0.39, 0.29) is 5.56 Å². The lowest BCUT2D eigenvalue weighted by molar-refractivity contribution is -0.0711. The zero-order valence-corrected chi connectivity index (χ0v) is 26.5. The average Bonchev–Trinajstić information content (AvgIpc) is 3.73. The van der Waals surface area contributed by atoms with Gasteiger partial charge in [0.1, 0.15) is 11.6 Å². The topological polar surface area (TPSA) is 94.6 Å². The van der Waals surface area contributed by atoms with Crippen molar-refractivity contribution in [3.05, 3.63) is 106 Å².